The number of hydrogen-bond donors (Lipinski definition) is 2. The van der Waals surface area contributed by atoms with Gasteiger partial charge in [-0.3, -0.25) is 4.79 Å². The Labute approximate surface area is 179 Å². The van der Waals surface area contributed by atoms with Crippen LogP contribution < -0.4 is 10.2 Å². The van der Waals surface area contributed by atoms with Gasteiger partial charge in [-0.25, -0.2) is 0 Å². The third kappa shape index (κ3) is 4.21. The number of quaternary nitrogens is 1. The van der Waals surface area contributed by atoms with Crippen molar-refractivity contribution in [2.75, 3.05) is 38.6 Å². The van der Waals surface area contributed by atoms with Gasteiger partial charge in [0, 0.05) is 50.0 Å². The van der Waals surface area contributed by atoms with Gasteiger partial charge in [0.25, 0.3) is 5.91 Å². The number of nitrogens with one attached hydrogen (secondary N) is 1. The summed E-state index contributed by atoms with van der Waals surface area (Å²) >= 11 is 0. The summed E-state index contributed by atoms with van der Waals surface area (Å²) in [6.07, 6.45) is 4.40. The quantitative estimate of drug-likeness (QED) is 0.635. The Hall–Kier alpha value is -2.79. The van der Waals surface area contributed by atoms with E-state index in [9.17, 15) is 4.79 Å². The summed E-state index contributed by atoms with van der Waals surface area (Å²) in [5.74, 6) is 0.485. The number of aromatic nitrogens is 1. The van der Waals surface area contributed by atoms with Gasteiger partial charge >= 0.3 is 0 Å². The monoisotopic (exact) mass is 405 g/mol. The number of rotatable bonds is 7. The van der Waals surface area contributed by atoms with Gasteiger partial charge in [0.05, 0.1) is 12.5 Å². The molecule has 2 heterocycles. The number of hydrogen-bond acceptors (Lipinski definition) is 2. The molecule has 1 fully saturated rings. The molecule has 30 heavy (non-hydrogen) atoms. The maximum Gasteiger partial charge on any atom is 0.280 e. The number of aromatic amines is 1. The van der Waals surface area contributed by atoms with Crippen molar-refractivity contribution in [3.05, 3.63) is 65.9 Å². The van der Waals surface area contributed by atoms with Crippen LogP contribution in [0.4, 0.5) is 5.69 Å². The minimum Gasteiger partial charge on any atom is -0.378 e. The van der Waals surface area contributed by atoms with E-state index in [0.717, 1.165) is 38.0 Å². The predicted octanol–water partition coefficient (Wildman–Crippen LogP) is 2.94. The van der Waals surface area contributed by atoms with Crippen molar-refractivity contribution in [1.82, 2.24) is 9.88 Å². The first-order valence-corrected chi connectivity index (χ1v) is 11.0. The molecule has 0 aliphatic carbocycles. The van der Waals surface area contributed by atoms with Gasteiger partial charge in [0.2, 0.25) is 0 Å². The number of fused-ring (bicyclic) bond motifs is 1. The second-order valence-corrected chi connectivity index (χ2v) is 8.62. The Bertz CT molecular complexity index is 986. The number of nitrogens with two attached hydrogens (primary N) is 1. The van der Waals surface area contributed by atoms with E-state index in [4.69, 9.17) is 0 Å². The van der Waals surface area contributed by atoms with E-state index in [2.05, 4.69) is 84.0 Å². The van der Waals surface area contributed by atoms with E-state index in [-0.39, 0.29) is 17.9 Å². The second kappa shape index (κ2) is 8.92. The van der Waals surface area contributed by atoms with E-state index >= 15 is 0 Å². The lowest BCUT2D eigenvalue weighted by Crippen LogP contribution is -2.92. The van der Waals surface area contributed by atoms with Gasteiger partial charge in [-0.1, -0.05) is 30.3 Å². The van der Waals surface area contributed by atoms with Crippen LogP contribution in [-0.4, -0.2) is 55.6 Å². The van der Waals surface area contributed by atoms with Crippen molar-refractivity contribution in [2.45, 2.75) is 31.7 Å². The second-order valence-electron chi connectivity index (χ2n) is 8.62. The fourth-order valence-corrected chi connectivity index (χ4v) is 4.50. The minimum atomic E-state index is -0.0585. The average molecular weight is 406 g/mol. The van der Waals surface area contributed by atoms with Crippen molar-refractivity contribution in [1.29, 1.82) is 0 Å². The third-order valence-corrected chi connectivity index (χ3v) is 6.34. The zero-order valence-corrected chi connectivity index (χ0v) is 18.3. The molecule has 5 nitrogen and oxygen atoms in total. The summed E-state index contributed by atoms with van der Waals surface area (Å²) in [4.78, 5) is 20.4. The molecule has 1 saturated heterocycles. The lowest BCUT2D eigenvalue weighted by Gasteiger charge is -2.22. The largest absolute Gasteiger partial charge is 0.378 e. The molecule has 3 aromatic rings. The lowest BCUT2D eigenvalue weighted by molar-refractivity contribution is -0.675. The zero-order valence-electron chi connectivity index (χ0n) is 18.3. The normalized spacial score (nSPS) is 16.0. The molecule has 0 spiro atoms. The number of carbonyl (C=O) groups is 1. The van der Waals surface area contributed by atoms with Crippen LogP contribution in [0.5, 0.6) is 0 Å². The van der Waals surface area contributed by atoms with E-state index in [1.165, 1.54) is 22.2 Å². The standard InChI is InChI=1S/C25H32N4O/c1-18(25(30)29-14-6-7-15-29)26-16-22(19-10-12-20(13-11-19)28(2)3)23-17-27-24-9-5-4-8-21(23)24/h4-5,8-13,17-18,22,26-27H,6-7,14-16H2,1-3H3/p+1/t18-,22-/m1/s1. The Morgan fingerprint density at radius 1 is 1.10 bits per heavy atom. The van der Waals surface area contributed by atoms with E-state index in [1.807, 2.05) is 11.8 Å². The Morgan fingerprint density at radius 3 is 2.50 bits per heavy atom. The number of H-pyrrole nitrogens is 1. The van der Waals surface area contributed by atoms with Crippen molar-refractivity contribution in [2.24, 2.45) is 0 Å². The van der Waals surface area contributed by atoms with Gasteiger partial charge in [-0.15, -0.1) is 0 Å². The van der Waals surface area contributed by atoms with Crippen LogP contribution in [0.15, 0.2) is 54.7 Å². The number of para-hydroxylation sites is 1. The summed E-state index contributed by atoms with van der Waals surface area (Å²) in [5, 5.41) is 3.47. The molecule has 1 aromatic heterocycles. The topological polar surface area (TPSA) is 56.0 Å². The Kier molecular flexibility index (Phi) is 6.09. The van der Waals surface area contributed by atoms with Gasteiger partial charge < -0.3 is 20.1 Å². The van der Waals surface area contributed by atoms with Crippen molar-refractivity contribution in [3.63, 3.8) is 0 Å². The van der Waals surface area contributed by atoms with Crippen LogP contribution >= 0.6 is 0 Å². The molecular weight excluding hydrogens is 372 g/mol. The summed E-state index contributed by atoms with van der Waals surface area (Å²) < 4.78 is 0. The first-order chi connectivity index (χ1) is 14.5. The number of carbonyl (C=O) groups excluding carboxylic acids is 1. The Balaban J connectivity index is 1.59. The van der Waals surface area contributed by atoms with Gasteiger partial charge in [0.1, 0.15) is 0 Å². The van der Waals surface area contributed by atoms with Crippen LogP contribution in [0.1, 0.15) is 36.8 Å². The Morgan fingerprint density at radius 2 is 1.80 bits per heavy atom. The highest BCUT2D eigenvalue weighted by Crippen LogP contribution is 2.30. The fraction of sp³-hybridized carbons (Fsp3) is 0.400. The van der Waals surface area contributed by atoms with Gasteiger partial charge in [-0.05, 0) is 49.1 Å². The van der Waals surface area contributed by atoms with E-state index in [1.54, 1.807) is 0 Å². The molecule has 5 heteroatoms. The summed E-state index contributed by atoms with van der Waals surface area (Å²) in [5.41, 5.74) is 4.92. The third-order valence-electron chi connectivity index (χ3n) is 6.34. The van der Waals surface area contributed by atoms with Crippen LogP contribution in [0.3, 0.4) is 0 Å². The number of likely N-dealkylation sites (tertiary alicyclic amines) is 1. The van der Waals surface area contributed by atoms with E-state index < -0.39 is 0 Å². The minimum absolute atomic E-state index is 0.0585. The maximum atomic E-state index is 12.8. The van der Waals surface area contributed by atoms with E-state index in [0.29, 0.717) is 0 Å². The maximum absolute atomic E-state index is 12.8. The molecule has 1 aliphatic heterocycles. The van der Waals surface area contributed by atoms with Crippen LogP contribution in [0.2, 0.25) is 0 Å². The molecule has 2 aromatic carbocycles. The van der Waals surface area contributed by atoms with Crippen LogP contribution in [-0.2, 0) is 4.79 Å². The molecule has 0 saturated carbocycles. The zero-order chi connectivity index (χ0) is 21.1. The smallest absolute Gasteiger partial charge is 0.280 e. The summed E-state index contributed by atoms with van der Waals surface area (Å²) in [7, 11) is 4.12. The number of nitrogens with zero attached hydrogens (tertiary/aromatic N) is 2. The number of amides is 1. The molecule has 1 amide bonds. The number of benzene rings is 2. The van der Waals surface area contributed by atoms with Gasteiger partial charge in [-0.2, -0.15) is 0 Å². The first kappa shape index (κ1) is 20.5. The first-order valence-electron chi connectivity index (χ1n) is 11.0. The number of anilines is 1. The van der Waals surface area contributed by atoms with Crippen LogP contribution in [0, 0.1) is 0 Å². The van der Waals surface area contributed by atoms with Crippen molar-refractivity contribution < 1.29 is 10.1 Å². The highest BCUT2D eigenvalue weighted by atomic mass is 16.2. The molecule has 1 aliphatic rings. The van der Waals surface area contributed by atoms with Crippen molar-refractivity contribution >= 4 is 22.5 Å². The molecule has 158 valence electrons. The average Bonchev–Trinajstić information content (AvgIpc) is 3.44. The summed E-state index contributed by atoms with van der Waals surface area (Å²) in [6, 6.07) is 17.2. The predicted molar refractivity (Wildman–Crippen MR) is 123 cm³/mol. The molecule has 0 radical (unpaired) electrons. The lowest BCUT2D eigenvalue weighted by atomic mass is 9.90. The fourth-order valence-electron chi connectivity index (χ4n) is 4.50. The highest BCUT2D eigenvalue weighted by molar-refractivity contribution is 5.84. The SMILES string of the molecule is C[C@@H]([NH2+]C[C@H](c1ccc(N(C)C)cc1)c1c[nH]c2ccccc12)C(=O)N1CCCC1. The van der Waals surface area contributed by atoms with Gasteiger partial charge in [0.15, 0.2) is 6.04 Å². The molecular formula is C25H33N4O+. The molecule has 2 atom stereocenters. The molecule has 0 bridgehead atoms. The molecule has 4 rings (SSSR count). The highest BCUT2D eigenvalue weighted by Gasteiger charge is 2.27. The summed E-state index contributed by atoms with van der Waals surface area (Å²) in [6.45, 7) is 4.70. The van der Waals surface area contributed by atoms with Crippen molar-refractivity contribution in [3.8, 4) is 0 Å². The van der Waals surface area contributed by atoms with Crippen LogP contribution in [0.25, 0.3) is 10.9 Å². The molecule has 0 unspecified atom stereocenters. The molecule has 3 N–H and O–H groups in total.